The van der Waals surface area contributed by atoms with Gasteiger partial charge in [-0.05, 0) is 23.8 Å². The maximum absolute atomic E-state index is 13.0. The number of hydrogen-bond donors (Lipinski definition) is 2. The van der Waals surface area contributed by atoms with Gasteiger partial charge in [0.05, 0.1) is 16.6 Å². The molecule has 0 saturated heterocycles. The van der Waals surface area contributed by atoms with Gasteiger partial charge in [0.2, 0.25) is 0 Å². The van der Waals surface area contributed by atoms with Gasteiger partial charge in [-0.2, -0.15) is 0 Å². The van der Waals surface area contributed by atoms with Gasteiger partial charge in [0.25, 0.3) is 0 Å². The zero-order valence-corrected chi connectivity index (χ0v) is 9.73. The van der Waals surface area contributed by atoms with Crippen LogP contribution in [-0.2, 0) is 0 Å². The SMILES string of the molecule is NNC(c1cncc(F)c1)c1ccc(Cl)s1. The number of nitrogens with zero attached hydrogens (tertiary/aromatic N) is 1. The molecule has 2 aromatic rings. The molecule has 1 atom stereocenters. The van der Waals surface area contributed by atoms with Gasteiger partial charge in [-0.3, -0.25) is 10.8 Å². The number of nitrogens with one attached hydrogen (secondary N) is 1. The Kier molecular flexibility index (Phi) is 3.50. The summed E-state index contributed by atoms with van der Waals surface area (Å²) in [6.07, 6.45) is 2.72. The molecule has 1 unspecified atom stereocenters. The maximum atomic E-state index is 13.0. The molecular formula is C10H9ClFN3S. The minimum Gasteiger partial charge on any atom is -0.271 e. The van der Waals surface area contributed by atoms with Crippen LogP contribution < -0.4 is 11.3 Å². The molecule has 84 valence electrons. The first kappa shape index (κ1) is 11.5. The van der Waals surface area contributed by atoms with Crippen molar-refractivity contribution in [1.82, 2.24) is 10.4 Å². The predicted molar refractivity (Wildman–Crippen MR) is 62.7 cm³/mol. The van der Waals surface area contributed by atoms with Gasteiger partial charge in [0.15, 0.2) is 0 Å². The number of rotatable bonds is 3. The summed E-state index contributed by atoms with van der Waals surface area (Å²) in [6.45, 7) is 0. The van der Waals surface area contributed by atoms with E-state index < -0.39 is 0 Å². The predicted octanol–water partition coefficient (Wildman–Crippen LogP) is 2.49. The van der Waals surface area contributed by atoms with Gasteiger partial charge in [-0.25, -0.2) is 9.82 Å². The molecule has 0 aliphatic heterocycles. The number of thiophene rings is 1. The number of halogens is 2. The molecule has 0 spiro atoms. The smallest absolute Gasteiger partial charge is 0.141 e. The first-order valence-electron chi connectivity index (χ1n) is 4.52. The van der Waals surface area contributed by atoms with Crippen LogP contribution in [0, 0.1) is 5.82 Å². The molecule has 2 heterocycles. The Bertz CT molecular complexity index is 488. The highest BCUT2D eigenvalue weighted by Gasteiger charge is 2.15. The van der Waals surface area contributed by atoms with Gasteiger partial charge in [0.1, 0.15) is 5.82 Å². The second-order valence-corrected chi connectivity index (χ2v) is 4.92. The Labute approximate surface area is 101 Å². The van der Waals surface area contributed by atoms with Crippen molar-refractivity contribution in [2.45, 2.75) is 6.04 Å². The Morgan fingerprint density at radius 2 is 2.25 bits per heavy atom. The molecule has 0 saturated carbocycles. The fraction of sp³-hybridized carbons (Fsp3) is 0.100. The molecular weight excluding hydrogens is 249 g/mol. The second-order valence-electron chi connectivity index (χ2n) is 3.18. The fourth-order valence-electron chi connectivity index (χ4n) is 1.41. The van der Waals surface area contributed by atoms with E-state index in [0.29, 0.717) is 9.90 Å². The van der Waals surface area contributed by atoms with Gasteiger partial charge in [-0.15, -0.1) is 11.3 Å². The fourth-order valence-corrected chi connectivity index (χ4v) is 2.56. The first-order valence-corrected chi connectivity index (χ1v) is 5.72. The minimum absolute atomic E-state index is 0.291. The van der Waals surface area contributed by atoms with E-state index in [0.717, 1.165) is 11.1 Å². The molecule has 2 rings (SSSR count). The van der Waals surface area contributed by atoms with E-state index >= 15 is 0 Å². The number of pyridine rings is 1. The van der Waals surface area contributed by atoms with Crippen molar-refractivity contribution in [1.29, 1.82) is 0 Å². The summed E-state index contributed by atoms with van der Waals surface area (Å²) in [5, 5.41) is 0. The highest BCUT2D eigenvalue weighted by atomic mass is 35.5. The lowest BCUT2D eigenvalue weighted by molar-refractivity contribution is 0.601. The third kappa shape index (κ3) is 2.38. The van der Waals surface area contributed by atoms with E-state index in [4.69, 9.17) is 17.4 Å². The van der Waals surface area contributed by atoms with Crippen molar-refractivity contribution in [3.05, 3.63) is 51.2 Å². The van der Waals surface area contributed by atoms with Crippen LogP contribution in [0.1, 0.15) is 16.5 Å². The van der Waals surface area contributed by atoms with Crippen molar-refractivity contribution >= 4 is 22.9 Å². The third-order valence-corrected chi connectivity index (χ3v) is 3.40. The zero-order chi connectivity index (χ0) is 11.5. The van der Waals surface area contributed by atoms with Crippen molar-refractivity contribution in [2.24, 2.45) is 5.84 Å². The van der Waals surface area contributed by atoms with Crippen LogP contribution in [0.15, 0.2) is 30.6 Å². The number of nitrogens with two attached hydrogens (primary N) is 1. The summed E-state index contributed by atoms with van der Waals surface area (Å²) in [7, 11) is 0. The van der Waals surface area contributed by atoms with Crippen LogP contribution in [0.3, 0.4) is 0 Å². The first-order chi connectivity index (χ1) is 7.70. The molecule has 3 N–H and O–H groups in total. The van der Waals surface area contributed by atoms with Gasteiger partial charge < -0.3 is 0 Å². The number of hydrogen-bond acceptors (Lipinski definition) is 4. The van der Waals surface area contributed by atoms with Gasteiger partial charge in [0, 0.05) is 11.1 Å². The Morgan fingerprint density at radius 1 is 1.44 bits per heavy atom. The topological polar surface area (TPSA) is 50.9 Å². The standard InChI is InChI=1S/C10H9ClFN3S/c11-9-2-1-8(16-9)10(15-13)6-3-7(12)5-14-4-6/h1-5,10,15H,13H2. The summed E-state index contributed by atoms with van der Waals surface area (Å²) < 4.78 is 13.7. The van der Waals surface area contributed by atoms with E-state index in [2.05, 4.69) is 10.4 Å². The summed E-state index contributed by atoms with van der Waals surface area (Å²) >= 11 is 7.23. The van der Waals surface area contributed by atoms with E-state index in [1.165, 1.54) is 17.4 Å². The molecule has 3 nitrogen and oxygen atoms in total. The summed E-state index contributed by atoms with van der Waals surface area (Å²) in [6, 6.07) is 4.73. The van der Waals surface area contributed by atoms with Crippen LogP contribution in [0.2, 0.25) is 4.34 Å². The van der Waals surface area contributed by atoms with E-state index in [1.807, 2.05) is 6.07 Å². The van der Waals surface area contributed by atoms with E-state index in [1.54, 1.807) is 12.3 Å². The molecule has 0 radical (unpaired) electrons. The van der Waals surface area contributed by atoms with E-state index in [9.17, 15) is 4.39 Å². The summed E-state index contributed by atoms with van der Waals surface area (Å²) in [5.41, 5.74) is 3.29. The molecule has 0 bridgehead atoms. The lowest BCUT2D eigenvalue weighted by Gasteiger charge is -2.13. The maximum Gasteiger partial charge on any atom is 0.141 e. The highest BCUT2D eigenvalue weighted by Crippen LogP contribution is 2.30. The molecule has 0 amide bonds. The largest absolute Gasteiger partial charge is 0.271 e. The van der Waals surface area contributed by atoms with Gasteiger partial charge >= 0.3 is 0 Å². The highest BCUT2D eigenvalue weighted by molar-refractivity contribution is 7.16. The zero-order valence-electron chi connectivity index (χ0n) is 8.15. The number of aromatic nitrogens is 1. The van der Waals surface area contributed by atoms with Crippen LogP contribution in [0.4, 0.5) is 4.39 Å². The van der Waals surface area contributed by atoms with Crippen LogP contribution in [-0.4, -0.2) is 4.98 Å². The van der Waals surface area contributed by atoms with Crippen molar-refractivity contribution in [2.75, 3.05) is 0 Å². The van der Waals surface area contributed by atoms with Crippen LogP contribution in [0.5, 0.6) is 0 Å². The molecule has 0 aliphatic rings. The number of hydrazine groups is 1. The van der Waals surface area contributed by atoms with Crippen molar-refractivity contribution < 1.29 is 4.39 Å². The molecule has 2 aromatic heterocycles. The van der Waals surface area contributed by atoms with Crippen LogP contribution in [0.25, 0.3) is 0 Å². The third-order valence-electron chi connectivity index (χ3n) is 2.10. The summed E-state index contributed by atoms with van der Waals surface area (Å²) in [5.74, 6) is 5.07. The average molecular weight is 258 g/mol. The van der Waals surface area contributed by atoms with E-state index in [-0.39, 0.29) is 11.9 Å². The Morgan fingerprint density at radius 3 is 2.81 bits per heavy atom. The Balaban J connectivity index is 2.36. The van der Waals surface area contributed by atoms with Crippen LogP contribution >= 0.6 is 22.9 Å². The van der Waals surface area contributed by atoms with Gasteiger partial charge in [-0.1, -0.05) is 11.6 Å². The minimum atomic E-state index is -0.389. The van der Waals surface area contributed by atoms with Crippen molar-refractivity contribution in [3.63, 3.8) is 0 Å². The summed E-state index contributed by atoms with van der Waals surface area (Å²) in [4.78, 5) is 4.70. The molecule has 0 fully saturated rings. The second kappa shape index (κ2) is 4.88. The lowest BCUT2D eigenvalue weighted by Crippen LogP contribution is -2.28. The van der Waals surface area contributed by atoms with Crippen molar-refractivity contribution in [3.8, 4) is 0 Å². The molecule has 0 aromatic carbocycles. The average Bonchev–Trinajstić information content (AvgIpc) is 2.66. The monoisotopic (exact) mass is 257 g/mol. The molecule has 0 aliphatic carbocycles. The normalized spacial score (nSPS) is 12.7. The molecule has 16 heavy (non-hydrogen) atoms. The molecule has 6 heteroatoms. The quantitative estimate of drug-likeness (QED) is 0.656. The lowest BCUT2D eigenvalue weighted by atomic mass is 10.1. The Hall–Kier alpha value is -1.01.